The van der Waals surface area contributed by atoms with Crippen molar-refractivity contribution in [1.82, 2.24) is 0 Å². The van der Waals surface area contributed by atoms with Crippen molar-refractivity contribution < 1.29 is 19.4 Å². The third-order valence-corrected chi connectivity index (χ3v) is 4.40. The van der Waals surface area contributed by atoms with E-state index in [1.807, 2.05) is 0 Å². The maximum Gasteiger partial charge on any atom is 0.348 e. The molecule has 1 heterocycles. The van der Waals surface area contributed by atoms with E-state index in [2.05, 4.69) is 37.2 Å². The SMILES string of the molecule is O=C(COc1ccc(Br)cc1Br)Nc1ccsc1C(=O)O. The van der Waals surface area contributed by atoms with E-state index in [1.165, 1.54) is 0 Å². The molecule has 0 spiro atoms. The van der Waals surface area contributed by atoms with E-state index >= 15 is 0 Å². The van der Waals surface area contributed by atoms with Crippen LogP contribution in [0.1, 0.15) is 9.67 Å². The number of halogens is 2. The smallest absolute Gasteiger partial charge is 0.348 e. The van der Waals surface area contributed by atoms with Gasteiger partial charge in [0.1, 0.15) is 10.6 Å². The molecule has 2 aromatic rings. The predicted octanol–water partition coefficient (Wildman–Crippen LogP) is 3.99. The summed E-state index contributed by atoms with van der Waals surface area (Å²) in [4.78, 5) is 22.8. The third kappa shape index (κ3) is 4.29. The Morgan fingerprint density at radius 3 is 2.71 bits per heavy atom. The lowest BCUT2D eigenvalue weighted by atomic mass is 10.3. The Balaban J connectivity index is 1.96. The normalized spacial score (nSPS) is 10.2. The Hall–Kier alpha value is -1.38. The zero-order chi connectivity index (χ0) is 15.4. The Labute approximate surface area is 141 Å². The second kappa shape index (κ2) is 7.06. The van der Waals surface area contributed by atoms with Crippen molar-refractivity contribution in [3.05, 3.63) is 43.5 Å². The van der Waals surface area contributed by atoms with E-state index in [4.69, 9.17) is 9.84 Å². The predicted molar refractivity (Wildman–Crippen MR) is 87.2 cm³/mol. The molecule has 5 nitrogen and oxygen atoms in total. The highest BCUT2D eigenvalue weighted by Gasteiger charge is 2.14. The van der Waals surface area contributed by atoms with Crippen molar-refractivity contribution in [3.8, 4) is 5.75 Å². The van der Waals surface area contributed by atoms with Gasteiger partial charge in [-0.05, 0) is 45.6 Å². The van der Waals surface area contributed by atoms with Gasteiger partial charge in [0.15, 0.2) is 6.61 Å². The molecule has 0 aliphatic rings. The molecule has 0 radical (unpaired) electrons. The van der Waals surface area contributed by atoms with Gasteiger partial charge in [-0.2, -0.15) is 0 Å². The minimum Gasteiger partial charge on any atom is -0.483 e. The number of aromatic carboxylic acids is 1. The molecule has 0 saturated carbocycles. The van der Waals surface area contributed by atoms with Crippen molar-refractivity contribution in [2.75, 3.05) is 11.9 Å². The number of carbonyl (C=O) groups is 2. The van der Waals surface area contributed by atoms with Crippen LogP contribution in [0.4, 0.5) is 5.69 Å². The first-order valence-corrected chi connectivity index (χ1v) is 8.12. The molecule has 0 unspecified atom stereocenters. The van der Waals surface area contributed by atoms with Crippen LogP contribution in [0, 0.1) is 0 Å². The standard InChI is InChI=1S/C13H9Br2NO4S/c14-7-1-2-10(8(15)5-7)20-6-11(17)16-9-3-4-21-12(9)13(18)19/h1-5H,6H2,(H,16,17)(H,18,19). The second-order valence-electron chi connectivity index (χ2n) is 3.88. The number of amides is 1. The number of carbonyl (C=O) groups excluding carboxylic acids is 1. The molecular weight excluding hydrogens is 426 g/mol. The zero-order valence-electron chi connectivity index (χ0n) is 10.4. The quantitative estimate of drug-likeness (QED) is 0.745. The zero-order valence-corrected chi connectivity index (χ0v) is 14.4. The van der Waals surface area contributed by atoms with Gasteiger partial charge in [-0.3, -0.25) is 4.79 Å². The van der Waals surface area contributed by atoms with Gasteiger partial charge in [-0.15, -0.1) is 11.3 Å². The number of hydrogen-bond donors (Lipinski definition) is 2. The van der Waals surface area contributed by atoms with Crippen molar-refractivity contribution in [2.45, 2.75) is 0 Å². The Morgan fingerprint density at radius 1 is 1.29 bits per heavy atom. The van der Waals surface area contributed by atoms with Gasteiger partial charge in [0, 0.05) is 4.47 Å². The number of ether oxygens (including phenoxy) is 1. The summed E-state index contributed by atoms with van der Waals surface area (Å²) in [6.07, 6.45) is 0. The van der Waals surface area contributed by atoms with Crippen molar-refractivity contribution in [1.29, 1.82) is 0 Å². The number of rotatable bonds is 5. The minimum atomic E-state index is -1.07. The van der Waals surface area contributed by atoms with Gasteiger partial charge in [0.25, 0.3) is 5.91 Å². The van der Waals surface area contributed by atoms with Gasteiger partial charge in [-0.25, -0.2) is 4.79 Å². The Morgan fingerprint density at radius 2 is 2.05 bits per heavy atom. The maximum absolute atomic E-state index is 11.8. The molecule has 0 aliphatic heterocycles. The van der Waals surface area contributed by atoms with E-state index in [0.717, 1.165) is 15.8 Å². The van der Waals surface area contributed by atoms with Gasteiger partial charge in [-0.1, -0.05) is 15.9 Å². The number of carboxylic acids is 1. The fourth-order valence-electron chi connectivity index (χ4n) is 1.50. The summed E-state index contributed by atoms with van der Waals surface area (Å²) in [5.74, 6) is -0.972. The van der Waals surface area contributed by atoms with Crippen LogP contribution in [0.15, 0.2) is 38.6 Å². The first kappa shape index (κ1) is 16.0. The van der Waals surface area contributed by atoms with Crippen molar-refractivity contribution >= 4 is 60.8 Å². The van der Waals surface area contributed by atoms with Crippen LogP contribution >= 0.6 is 43.2 Å². The largest absolute Gasteiger partial charge is 0.483 e. The van der Waals surface area contributed by atoms with E-state index in [9.17, 15) is 9.59 Å². The Bertz CT molecular complexity index is 687. The summed E-state index contributed by atoms with van der Waals surface area (Å²) in [5, 5.41) is 13.1. The molecule has 0 atom stereocenters. The number of thiophene rings is 1. The van der Waals surface area contributed by atoms with Crippen LogP contribution in [0.25, 0.3) is 0 Å². The topological polar surface area (TPSA) is 75.6 Å². The van der Waals surface area contributed by atoms with Crippen LogP contribution in [0.3, 0.4) is 0 Å². The number of anilines is 1. The first-order chi connectivity index (χ1) is 9.97. The molecular formula is C13H9Br2NO4S. The number of hydrogen-bond acceptors (Lipinski definition) is 4. The lowest BCUT2D eigenvalue weighted by molar-refractivity contribution is -0.118. The van der Waals surface area contributed by atoms with Gasteiger partial charge in [0.05, 0.1) is 10.2 Å². The molecule has 8 heteroatoms. The summed E-state index contributed by atoms with van der Waals surface area (Å²) in [6, 6.07) is 6.85. The molecule has 0 saturated heterocycles. The van der Waals surface area contributed by atoms with E-state index in [1.54, 1.807) is 29.6 Å². The molecule has 0 bridgehead atoms. The number of carboxylic acid groups (broad SMARTS) is 1. The van der Waals surface area contributed by atoms with Gasteiger partial charge < -0.3 is 15.2 Å². The highest BCUT2D eigenvalue weighted by Crippen LogP contribution is 2.28. The van der Waals surface area contributed by atoms with Crippen LogP contribution in [-0.2, 0) is 4.79 Å². The minimum absolute atomic E-state index is 0.0909. The van der Waals surface area contributed by atoms with E-state index in [-0.39, 0.29) is 17.2 Å². The fraction of sp³-hybridized carbons (Fsp3) is 0.0769. The fourth-order valence-corrected chi connectivity index (χ4v) is 3.34. The van der Waals surface area contributed by atoms with Crippen LogP contribution in [0.2, 0.25) is 0 Å². The average Bonchev–Trinajstić information content (AvgIpc) is 2.86. The van der Waals surface area contributed by atoms with E-state index in [0.29, 0.717) is 10.2 Å². The monoisotopic (exact) mass is 433 g/mol. The molecule has 110 valence electrons. The highest BCUT2D eigenvalue weighted by molar-refractivity contribution is 9.11. The number of nitrogens with one attached hydrogen (secondary N) is 1. The third-order valence-electron chi connectivity index (χ3n) is 2.39. The van der Waals surface area contributed by atoms with E-state index < -0.39 is 11.9 Å². The summed E-state index contributed by atoms with van der Waals surface area (Å²) < 4.78 is 6.98. The van der Waals surface area contributed by atoms with Gasteiger partial charge >= 0.3 is 5.97 Å². The average molecular weight is 435 g/mol. The molecule has 1 aromatic carbocycles. The summed E-state index contributed by atoms with van der Waals surface area (Å²) in [5.41, 5.74) is 0.274. The maximum atomic E-state index is 11.8. The van der Waals surface area contributed by atoms with Crippen molar-refractivity contribution in [3.63, 3.8) is 0 Å². The number of benzene rings is 1. The highest BCUT2D eigenvalue weighted by atomic mass is 79.9. The summed E-state index contributed by atoms with van der Waals surface area (Å²) >= 11 is 7.69. The van der Waals surface area contributed by atoms with Crippen LogP contribution in [-0.4, -0.2) is 23.6 Å². The summed E-state index contributed by atoms with van der Waals surface area (Å²) in [6.45, 7) is -0.213. The Kier molecular flexibility index (Phi) is 5.38. The molecule has 2 rings (SSSR count). The first-order valence-electron chi connectivity index (χ1n) is 5.66. The van der Waals surface area contributed by atoms with Crippen molar-refractivity contribution in [2.24, 2.45) is 0 Å². The molecule has 0 fully saturated rings. The lowest BCUT2D eigenvalue weighted by Crippen LogP contribution is -2.21. The van der Waals surface area contributed by atoms with Crippen LogP contribution < -0.4 is 10.1 Å². The molecule has 0 aliphatic carbocycles. The van der Waals surface area contributed by atoms with Gasteiger partial charge in [0.2, 0.25) is 0 Å². The lowest BCUT2D eigenvalue weighted by Gasteiger charge is -2.09. The van der Waals surface area contributed by atoms with Crippen LogP contribution in [0.5, 0.6) is 5.75 Å². The molecule has 21 heavy (non-hydrogen) atoms. The summed E-state index contributed by atoms with van der Waals surface area (Å²) in [7, 11) is 0. The molecule has 1 aromatic heterocycles. The molecule has 1 amide bonds. The second-order valence-corrected chi connectivity index (χ2v) is 6.57. The molecule has 2 N–H and O–H groups in total.